The Labute approximate surface area is 176 Å². The standard InChI is InChI=1S/C19H15Br2F2NO4/c20-12-1-9(2-13(21)6-12)3-16(19(26)27)24-18(25)11-4-10-5-14(22)7-15(23)17(10)28-8-11/h1-2,5-7,11,16H,3-4,8H2,(H,24,25)(H,26,27). The lowest BCUT2D eigenvalue weighted by atomic mass is 9.95. The molecule has 2 unspecified atom stereocenters. The van der Waals surface area contributed by atoms with Crippen LogP contribution < -0.4 is 10.1 Å². The van der Waals surface area contributed by atoms with Crippen molar-refractivity contribution in [3.8, 4) is 5.75 Å². The molecule has 0 spiro atoms. The van der Waals surface area contributed by atoms with E-state index in [1.807, 2.05) is 6.07 Å². The van der Waals surface area contributed by atoms with Crippen molar-refractivity contribution in [2.75, 3.05) is 6.61 Å². The number of rotatable bonds is 5. The Kier molecular flexibility index (Phi) is 6.34. The van der Waals surface area contributed by atoms with Crippen LogP contribution in [0, 0.1) is 17.6 Å². The van der Waals surface area contributed by atoms with Crippen LogP contribution in [0.3, 0.4) is 0 Å². The van der Waals surface area contributed by atoms with E-state index < -0.39 is 35.5 Å². The van der Waals surface area contributed by atoms with Crippen LogP contribution in [0.5, 0.6) is 5.75 Å². The summed E-state index contributed by atoms with van der Waals surface area (Å²) in [5.41, 5.74) is 0.954. The van der Waals surface area contributed by atoms with Gasteiger partial charge in [0.2, 0.25) is 5.91 Å². The number of carbonyl (C=O) groups is 2. The topological polar surface area (TPSA) is 75.6 Å². The molecule has 2 atom stereocenters. The number of aliphatic carboxylic acids is 1. The van der Waals surface area contributed by atoms with Crippen molar-refractivity contribution in [2.24, 2.45) is 5.92 Å². The highest BCUT2D eigenvalue weighted by molar-refractivity contribution is 9.11. The van der Waals surface area contributed by atoms with Gasteiger partial charge in [0.1, 0.15) is 18.5 Å². The monoisotopic (exact) mass is 517 g/mol. The molecule has 28 heavy (non-hydrogen) atoms. The smallest absolute Gasteiger partial charge is 0.326 e. The number of hydrogen-bond donors (Lipinski definition) is 2. The van der Waals surface area contributed by atoms with E-state index in [1.165, 1.54) is 0 Å². The summed E-state index contributed by atoms with van der Waals surface area (Å²) in [5.74, 6) is -4.12. The van der Waals surface area contributed by atoms with E-state index >= 15 is 0 Å². The van der Waals surface area contributed by atoms with Crippen LogP contribution in [-0.2, 0) is 22.4 Å². The number of halogens is 4. The van der Waals surface area contributed by atoms with Crippen LogP contribution in [0.1, 0.15) is 11.1 Å². The highest BCUT2D eigenvalue weighted by atomic mass is 79.9. The molecule has 0 aliphatic carbocycles. The van der Waals surface area contributed by atoms with Gasteiger partial charge in [-0.15, -0.1) is 0 Å². The maximum absolute atomic E-state index is 13.7. The average Bonchev–Trinajstić information content (AvgIpc) is 2.59. The molecule has 0 bridgehead atoms. The van der Waals surface area contributed by atoms with Crippen LogP contribution in [-0.4, -0.2) is 29.6 Å². The van der Waals surface area contributed by atoms with E-state index in [0.29, 0.717) is 5.56 Å². The first kappa shape index (κ1) is 20.7. The lowest BCUT2D eigenvalue weighted by Gasteiger charge is -2.26. The number of benzene rings is 2. The third-order valence-electron chi connectivity index (χ3n) is 4.33. The maximum Gasteiger partial charge on any atom is 0.326 e. The number of carbonyl (C=O) groups excluding carboxylic acids is 1. The lowest BCUT2D eigenvalue weighted by molar-refractivity contribution is -0.142. The zero-order chi connectivity index (χ0) is 20.4. The summed E-state index contributed by atoms with van der Waals surface area (Å²) in [6, 6.07) is 6.02. The van der Waals surface area contributed by atoms with Crippen LogP contribution in [0.4, 0.5) is 8.78 Å². The number of hydrogen-bond acceptors (Lipinski definition) is 3. The summed E-state index contributed by atoms with van der Waals surface area (Å²) >= 11 is 6.68. The van der Waals surface area contributed by atoms with Gasteiger partial charge >= 0.3 is 5.97 Å². The van der Waals surface area contributed by atoms with E-state index in [-0.39, 0.29) is 30.8 Å². The van der Waals surface area contributed by atoms with E-state index in [1.54, 1.807) is 12.1 Å². The molecule has 2 aromatic rings. The number of ether oxygens (including phenoxy) is 1. The number of carboxylic acid groups (broad SMARTS) is 1. The van der Waals surface area contributed by atoms with Gasteiger partial charge in [0, 0.05) is 27.0 Å². The Morgan fingerprint density at radius 1 is 1.18 bits per heavy atom. The maximum atomic E-state index is 13.7. The van der Waals surface area contributed by atoms with Gasteiger partial charge in [-0.05, 0) is 36.2 Å². The summed E-state index contributed by atoms with van der Waals surface area (Å²) in [5, 5.41) is 12.0. The molecule has 1 amide bonds. The van der Waals surface area contributed by atoms with Crippen LogP contribution in [0.2, 0.25) is 0 Å². The second-order valence-electron chi connectivity index (χ2n) is 6.47. The predicted molar refractivity (Wildman–Crippen MR) is 104 cm³/mol. The fraction of sp³-hybridized carbons (Fsp3) is 0.263. The SMILES string of the molecule is O=C(NC(Cc1cc(Br)cc(Br)c1)C(=O)O)C1COc2c(F)cc(F)cc2C1. The fourth-order valence-corrected chi connectivity index (χ4v) is 4.45. The lowest BCUT2D eigenvalue weighted by Crippen LogP contribution is -2.47. The molecule has 5 nitrogen and oxygen atoms in total. The van der Waals surface area contributed by atoms with Gasteiger partial charge in [0.25, 0.3) is 0 Å². The molecule has 0 aromatic heterocycles. The van der Waals surface area contributed by atoms with Gasteiger partial charge in [-0.25, -0.2) is 13.6 Å². The first-order valence-corrected chi connectivity index (χ1v) is 9.90. The van der Waals surface area contributed by atoms with Crippen molar-refractivity contribution < 1.29 is 28.2 Å². The summed E-state index contributed by atoms with van der Waals surface area (Å²) in [6.45, 7) is -0.115. The largest absolute Gasteiger partial charge is 0.489 e. The van der Waals surface area contributed by atoms with Crippen LogP contribution in [0.25, 0.3) is 0 Å². The van der Waals surface area contributed by atoms with Gasteiger partial charge in [-0.2, -0.15) is 0 Å². The zero-order valence-electron chi connectivity index (χ0n) is 14.3. The van der Waals surface area contributed by atoms with Gasteiger partial charge < -0.3 is 15.2 Å². The van der Waals surface area contributed by atoms with Crippen LogP contribution in [0.15, 0.2) is 39.3 Å². The van der Waals surface area contributed by atoms with E-state index in [9.17, 15) is 23.5 Å². The van der Waals surface area contributed by atoms with E-state index in [0.717, 1.165) is 21.1 Å². The first-order valence-electron chi connectivity index (χ1n) is 8.32. The highest BCUT2D eigenvalue weighted by Crippen LogP contribution is 2.31. The van der Waals surface area contributed by atoms with Gasteiger partial charge in [0.05, 0.1) is 5.92 Å². The quantitative estimate of drug-likeness (QED) is 0.630. The normalized spacial score (nSPS) is 16.6. The molecule has 148 valence electrons. The molecule has 0 fully saturated rings. The molecule has 0 radical (unpaired) electrons. The molecule has 0 saturated carbocycles. The van der Waals surface area contributed by atoms with Crippen molar-refractivity contribution in [1.29, 1.82) is 0 Å². The first-order chi connectivity index (χ1) is 13.2. The van der Waals surface area contributed by atoms with Gasteiger partial charge in [-0.1, -0.05) is 31.9 Å². The zero-order valence-corrected chi connectivity index (χ0v) is 17.5. The van der Waals surface area contributed by atoms with Gasteiger partial charge in [-0.3, -0.25) is 4.79 Å². The average molecular weight is 519 g/mol. The summed E-state index contributed by atoms with van der Waals surface area (Å²) < 4.78 is 34.0. The summed E-state index contributed by atoms with van der Waals surface area (Å²) in [6.07, 6.45) is 0.136. The predicted octanol–water partition coefficient (Wildman–Crippen LogP) is 3.85. The molecular formula is C19H15Br2F2NO4. The summed E-state index contributed by atoms with van der Waals surface area (Å²) in [4.78, 5) is 24.2. The van der Waals surface area contributed by atoms with Crippen LogP contribution >= 0.6 is 31.9 Å². The second kappa shape index (κ2) is 8.57. The molecule has 2 aromatic carbocycles. The van der Waals surface area contributed by atoms with E-state index in [4.69, 9.17) is 4.74 Å². The fourth-order valence-electron chi connectivity index (χ4n) is 3.06. The molecule has 9 heteroatoms. The molecule has 1 aliphatic rings. The number of amides is 1. The molecule has 1 heterocycles. The number of fused-ring (bicyclic) bond motifs is 1. The van der Waals surface area contributed by atoms with Gasteiger partial charge in [0.15, 0.2) is 11.6 Å². The summed E-state index contributed by atoms with van der Waals surface area (Å²) in [7, 11) is 0. The molecule has 0 saturated heterocycles. The Morgan fingerprint density at radius 3 is 2.50 bits per heavy atom. The van der Waals surface area contributed by atoms with Crippen molar-refractivity contribution in [3.05, 3.63) is 62.0 Å². The Balaban J connectivity index is 1.71. The van der Waals surface area contributed by atoms with Crippen molar-refractivity contribution >= 4 is 43.7 Å². The third kappa shape index (κ3) is 4.88. The molecule has 3 rings (SSSR count). The van der Waals surface area contributed by atoms with E-state index in [2.05, 4.69) is 37.2 Å². The third-order valence-corrected chi connectivity index (χ3v) is 5.24. The number of nitrogens with one attached hydrogen (secondary N) is 1. The minimum absolute atomic E-state index is 0.0601. The second-order valence-corrected chi connectivity index (χ2v) is 8.30. The minimum Gasteiger partial charge on any atom is -0.489 e. The van der Waals surface area contributed by atoms with Crippen molar-refractivity contribution in [1.82, 2.24) is 5.32 Å². The highest BCUT2D eigenvalue weighted by Gasteiger charge is 2.31. The Morgan fingerprint density at radius 2 is 1.86 bits per heavy atom. The Bertz CT molecular complexity index is 918. The Hall–Kier alpha value is -2.00. The van der Waals surface area contributed by atoms with Crippen molar-refractivity contribution in [2.45, 2.75) is 18.9 Å². The minimum atomic E-state index is -1.18. The van der Waals surface area contributed by atoms with Crippen molar-refractivity contribution in [3.63, 3.8) is 0 Å². The number of carboxylic acids is 1. The molecular weight excluding hydrogens is 504 g/mol. The molecule has 1 aliphatic heterocycles. The molecule has 2 N–H and O–H groups in total.